The van der Waals surface area contributed by atoms with Gasteiger partial charge in [-0.25, -0.2) is 4.98 Å². The highest BCUT2D eigenvalue weighted by molar-refractivity contribution is 5.75. The molecule has 2 rings (SSSR count). The summed E-state index contributed by atoms with van der Waals surface area (Å²) in [6.07, 6.45) is 2.93. The quantitative estimate of drug-likeness (QED) is 0.578. The van der Waals surface area contributed by atoms with Crippen molar-refractivity contribution in [3.8, 4) is 0 Å². The predicted molar refractivity (Wildman–Crippen MR) is 85.9 cm³/mol. The number of rotatable bonds is 8. The maximum Gasteiger partial charge on any atom is 0.111 e. The number of benzene rings is 1. The molecule has 0 amide bonds. The molecule has 0 aliphatic heterocycles. The van der Waals surface area contributed by atoms with Crippen LogP contribution in [0.3, 0.4) is 0 Å². The number of nitrogens with one attached hydrogen (secondary N) is 1. The van der Waals surface area contributed by atoms with Crippen molar-refractivity contribution in [2.24, 2.45) is 5.84 Å². The lowest BCUT2D eigenvalue weighted by Gasteiger charge is -2.19. The second-order valence-corrected chi connectivity index (χ2v) is 5.52. The zero-order chi connectivity index (χ0) is 15.2. The largest absolute Gasteiger partial charge is 0.382 e. The summed E-state index contributed by atoms with van der Waals surface area (Å²) in [7, 11) is 1.73. The minimum Gasteiger partial charge on any atom is -0.382 e. The van der Waals surface area contributed by atoms with Gasteiger partial charge in [0.2, 0.25) is 0 Å². The minimum absolute atomic E-state index is 0.160. The van der Waals surface area contributed by atoms with Crippen molar-refractivity contribution in [2.45, 2.75) is 51.8 Å². The summed E-state index contributed by atoms with van der Waals surface area (Å²) in [6, 6.07) is 8.44. The zero-order valence-corrected chi connectivity index (χ0v) is 13.2. The molecule has 0 saturated carbocycles. The minimum atomic E-state index is 0.160. The predicted octanol–water partition coefficient (Wildman–Crippen LogP) is 2.25. The van der Waals surface area contributed by atoms with Gasteiger partial charge in [-0.3, -0.25) is 11.3 Å². The van der Waals surface area contributed by atoms with E-state index in [2.05, 4.69) is 42.0 Å². The van der Waals surface area contributed by atoms with E-state index in [9.17, 15) is 0 Å². The van der Waals surface area contributed by atoms with Crippen molar-refractivity contribution in [1.29, 1.82) is 0 Å². The van der Waals surface area contributed by atoms with Crippen LogP contribution in [-0.2, 0) is 17.7 Å². The van der Waals surface area contributed by atoms with Crippen molar-refractivity contribution in [2.75, 3.05) is 7.11 Å². The van der Waals surface area contributed by atoms with Crippen molar-refractivity contribution in [3.63, 3.8) is 0 Å². The summed E-state index contributed by atoms with van der Waals surface area (Å²) >= 11 is 0. The molecule has 1 aromatic heterocycles. The molecule has 0 fully saturated rings. The summed E-state index contributed by atoms with van der Waals surface area (Å²) in [5.41, 5.74) is 5.15. The van der Waals surface area contributed by atoms with Crippen LogP contribution < -0.4 is 11.3 Å². The number of aromatic nitrogens is 2. The molecule has 0 radical (unpaired) electrons. The number of hydrogen-bond acceptors (Lipinski definition) is 4. The Labute approximate surface area is 126 Å². The Kier molecular flexibility index (Phi) is 5.73. The van der Waals surface area contributed by atoms with Gasteiger partial charge in [-0.2, -0.15) is 0 Å². The normalized spacial score (nSPS) is 14.5. The Hall–Kier alpha value is -1.43. The molecule has 116 valence electrons. The second kappa shape index (κ2) is 7.54. The van der Waals surface area contributed by atoms with Crippen molar-refractivity contribution in [3.05, 3.63) is 30.1 Å². The molecule has 5 nitrogen and oxygen atoms in total. The molecular formula is C16H26N4O. The van der Waals surface area contributed by atoms with Crippen LogP contribution in [0.15, 0.2) is 24.3 Å². The Balaban J connectivity index is 2.25. The van der Waals surface area contributed by atoms with E-state index in [1.165, 1.54) is 5.52 Å². The van der Waals surface area contributed by atoms with Gasteiger partial charge in [-0.15, -0.1) is 0 Å². The molecule has 0 saturated heterocycles. The fourth-order valence-corrected chi connectivity index (χ4v) is 2.68. The highest BCUT2D eigenvalue weighted by atomic mass is 16.5. The summed E-state index contributed by atoms with van der Waals surface area (Å²) < 4.78 is 7.64. The molecule has 1 aromatic carbocycles. The van der Waals surface area contributed by atoms with Gasteiger partial charge in [0.15, 0.2) is 0 Å². The fourth-order valence-electron chi connectivity index (χ4n) is 2.68. The van der Waals surface area contributed by atoms with Crippen LogP contribution in [0.2, 0.25) is 0 Å². The summed E-state index contributed by atoms with van der Waals surface area (Å²) in [5.74, 6) is 6.79. The van der Waals surface area contributed by atoms with Gasteiger partial charge in [0, 0.05) is 26.1 Å². The molecule has 21 heavy (non-hydrogen) atoms. The number of methoxy groups -OCH3 is 1. The van der Waals surface area contributed by atoms with Gasteiger partial charge in [0.25, 0.3) is 0 Å². The lowest BCUT2D eigenvalue weighted by Crippen LogP contribution is -2.39. The molecule has 2 unspecified atom stereocenters. The number of ether oxygens (including phenoxy) is 1. The highest BCUT2D eigenvalue weighted by Gasteiger charge is 2.17. The van der Waals surface area contributed by atoms with Gasteiger partial charge in [0.05, 0.1) is 17.1 Å². The third-order valence-corrected chi connectivity index (χ3v) is 3.86. The van der Waals surface area contributed by atoms with Crippen LogP contribution in [0.5, 0.6) is 0 Å². The van der Waals surface area contributed by atoms with Gasteiger partial charge >= 0.3 is 0 Å². The van der Waals surface area contributed by atoms with Gasteiger partial charge in [0.1, 0.15) is 5.82 Å². The number of nitrogens with zero attached hydrogens (tertiary/aromatic N) is 2. The molecule has 2 atom stereocenters. The van der Waals surface area contributed by atoms with Crippen LogP contribution in [-0.4, -0.2) is 28.8 Å². The van der Waals surface area contributed by atoms with E-state index in [1.54, 1.807) is 7.11 Å². The van der Waals surface area contributed by atoms with Gasteiger partial charge in [-0.1, -0.05) is 19.1 Å². The van der Waals surface area contributed by atoms with Gasteiger partial charge < -0.3 is 9.30 Å². The van der Waals surface area contributed by atoms with Crippen LogP contribution in [0.4, 0.5) is 0 Å². The Morgan fingerprint density at radius 2 is 2.14 bits per heavy atom. The maximum atomic E-state index is 5.70. The number of nitrogens with two attached hydrogens (primary N) is 1. The van der Waals surface area contributed by atoms with E-state index >= 15 is 0 Å². The average Bonchev–Trinajstić information content (AvgIpc) is 2.84. The van der Waals surface area contributed by atoms with E-state index in [0.717, 1.165) is 37.1 Å². The fraction of sp³-hybridized carbons (Fsp3) is 0.562. The smallest absolute Gasteiger partial charge is 0.111 e. The first-order chi connectivity index (χ1) is 10.2. The van der Waals surface area contributed by atoms with Crippen LogP contribution in [0, 0.1) is 0 Å². The Morgan fingerprint density at radius 1 is 1.38 bits per heavy atom. The molecule has 3 N–H and O–H groups in total. The number of fused-ring (bicyclic) bond motifs is 1. The van der Waals surface area contributed by atoms with E-state index in [0.29, 0.717) is 0 Å². The topological polar surface area (TPSA) is 65.1 Å². The molecular weight excluding hydrogens is 264 g/mol. The first-order valence-corrected chi connectivity index (χ1v) is 7.62. The maximum absolute atomic E-state index is 5.70. The molecule has 0 spiro atoms. The number of aryl methyl sites for hydroxylation is 1. The number of hydrazine groups is 1. The van der Waals surface area contributed by atoms with Crippen molar-refractivity contribution >= 4 is 11.0 Å². The molecule has 2 aromatic rings. The lowest BCUT2D eigenvalue weighted by molar-refractivity contribution is 0.100. The van der Waals surface area contributed by atoms with Crippen LogP contribution >= 0.6 is 0 Å². The third kappa shape index (κ3) is 3.81. The van der Waals surface area contributed by atoms with Crippen molar-refractivity contribution < 1.29 is 4.74 Å². The first-order valence-electron chi connectivity index (χ1n) is 7.62. The average molecular weight is 290 g/mol. The molecule has 0 aliphatic carbocycles. The monoisotopic (exact) mass is 290 g/mol. The molecule has 0 bridgehead atoms. The van der Waals surface area contributed by atoms with E-state index in [-0.39, 0.29) is 12.1 Å². The Morgan fingerprint density at radius 3 is 2.81 bits per heavy atom. The molecule has 5 heteroatoms. The summed E-state index contributed by atoms with van der Waals surface area (Å²) in [4.78, 5) is 4.78. The molecule has 0 aliphatic rings. The standard InChI is InChI=1S/C16H26N4O/c1-4-9-20-15-8-6-5-7-14(15)18-16(20)11-13(19-17)10-12(2)21-3/h5-8,12-13,19H,4,9-11,17H2,1-3H3. The highest BCUT2D eigenvalue weighted by Crippen LogP contribution is 2.18. The lowest BCUT2D eigenvalue weighted by atomic mass is 10.1. The summed E-state index contributed by atoms with van der Waals surface area (Å²) in [6.45, 7) is 5.22. The zero-order valence-electron chi connectivity index (χ0n) is 13.2. The number of imidazole rings is 1. The van der Waals surface area contributed by atoms with Crippen LogP contribution in [0.1, 0.15) is 32.5 Å². The Bertz CT molecular complexity index is 566. The summed E-state index contributed by atoms with van der Waals surface area (Å²) in [5, 5.41) is 0. The third-order valence-electron chi connectivity index (χ3n) is 3.86. The van der Waals surface area contributed by atoms with Crippen molar-refractivity contribution in [1.82, 2.24) is 15.0 Å². The van der Waals surface area contributed by atoms with E-state index < -0.39 is 0 Å². The van der Waals surface area contributed by atoms with Crippen LogP contribution in [0.25, 0.3) is 11.0 Å². The van der Waals surface area contributed by atoms with E-state index in [1.807, 2.05) is 6.07 Å². The first kappa shape index (κ1) is 15.9. The molecule has 1 heterocycles. The number of para-hydroxylation sites is 2. The number of hydrogen-bond donors (Lipinski definition) is 2. The van der Waals surface area contributed by atoms with E-state index in [4.69, 9.17) is 15.6 Å². The van der Waals surface area contributed by atoms with Gasteiger partial charge in [-0.05, 0) is 31.9 Å². The SMILES string of the molecule is CCCn1c(CC(CC(C)OC)NN)nc2ccccc21. The second-order valence-electron chi connectivity index (χ2n) is 5.52.